The second-order valence-corrected chi connectivity index (χ2v) is 9.79. The Bertz CT molecular complexity index is 1170. The minimum atomic E-state index is 0.560. The molecule has 2 aliphatic heterocycles. The van der Waals surface area contributed by atoms with Gasteiger partial charge in [0.15, 0.2) is 38.7 Å². The second-order valence-electron chi connectivity index (χ2n) is 6.81. The minimum absolute atomic E-state index is 0.560. The molecular formula is C18H14B2N2O4S3. The second kappa shape index (κ2) is 6.65. The topological polar surface area (TPSA) is 62.7 Å². The van der Waals surface area contributed by atoms with Crippen LogP contribution in [0.5, 0.6) is 23.0 Å². The van der Waals surface area contributed by atoms with Gasteiger partial charge >= 0.3 is 0 Å². The van der Waals surface area contributed by atoms with Gasteiger partial charge in [0.2, 0.25) is 0 Å². The lowest BCUT2D eigenvalue weighted by Crippen LogP contribution is -2.18. The van der Waals surface area contributed by atoms with Crippen molar-refractivity contribution in [2.24, 2.45) is 0 Å². The summed E-state index contributed by atoms with van der Waals surface area (Å²) in [4.78, 5) is 2.09. The Balaban J connectivity index is 1.55. The molecule has 0 atom stereocenters. The zero-order valence-electron chi connectivity index (χ0n) is 15.7. The van der Waals surface area contributed by atoms with Gasteiger partial charge in [0, 0.05) is 20.7 Å². The van der Waals surface area contributed by atoms with E-state index < -0.39 is 0 Å². The summed E-state index contributed by atoms with van der Waals surface area (Å²) in [6.07, 6.45) is 0. The fourth-order valence-corrected chi connectivity index (χ4v) is 6.49. The number of hydrogen-bond donors (Lipinski definition) is 0. The molecule has 3 aromatic heterocycles. The maximum absolute atomic E-state index is 5.95. The molecule has 4 aromatic rings. The first-order valence-electron chi connectivity index (χ1n) is 9.26. The van der Waals surface area contributed by atoms with Crippen molar-refractivity contribution >= 4 is 70.7 Å². The fraction of sp³-hybridized carbons (Fsp3) is 0.222. The van der Waals surface area contributed by atoms with Crippen LogP contribution in [0.3, 0.4) is 0 Å². The molecule has 0 radical (unpaired) electrons. The van der Waals surface area contributed by atoms with E-state index in [-0.39, 0.29) is 0 Å². The number of benzene rings is 1. The Hall–Kier alpha value is -2.23. The van der Waals surface area contributed by atoms with E-state index in [9.17, 15) is 0 Å². The van der Waals surface area contributed by atoms with Crippen LogP contribution in [0.4, 0.5) is 0 Å². The molecule has 2 aliphatic rings. The molecule has 0 saturated carbocycles. The first-order chi connectivity index (χ1) is 14.2. The zero-order valence-corrected chi connectivity index (χ0v) is 18.2. The van der Waals surface area contributed by atoms with Gasteiger partial charge in [-0.25, -0.2) is 0 Å². The normalized spacial score (nSPS) is 15.0. The Kier molecular flexibility index (Phi) is 4.04. The van der Waals surface area contributed by atoms with Crippen LogP contribution in [0, 0.1) is 0 Å². The fourth-order valence-electron chi connectivity index (χ4n) is 3.78. The maximum Gasteiger partial charge on any atom is 0.179 e. The number of nitrogens with zero attached hydrogens (tertiary/aromatic N) is 2. The monoisotopic (exact) mass is 440 g/mol. The summed E-state index contributed by atoms with van der Waals surface area (Å²) in [5.41, 5.74) is 3.80. The van der Waals surface area contributed by atoms with Gasteiger partial charge in [0.25, 0.3) is 0 Å². The van der Waals surface area contributed by atoms with Gasteiger partial charge in [-0.05, 0) is 0 Å². The molecule has 0 saturated heterocycles. The lowest BCUT2D eigenvalue weighted by atomic mass is 10.0. The highest BCUT2D eigenvalue weighted by Crippen LogP contribution is 2.49. The van der Waals surface area contributed by atoms with E-state index in [1.165, 1.54) is 11.7 Å². The third kappa shape index (κ3) is 2.60. The molecule has 0 spiro atoms. The van der Waals surface area contributed by atoms with Crippen LogP contribution in [0.25, 0.3) is 31.9 Å². The van der Waals surface area contributed by atoms with Crippen LogP contribution in [0.2, 0.25) is 0 Å². The van der Waals surface area contributed by atoms with E-state index in [2.05, 4.69) is 36.6 Å². The van der Waals surface area contributed by atoms with Crippen LogP contribution in [0.15, 0.2) is 12.1 Å². The molecule has 0 bridgehead atoms. The first kappa shape index (κ1) is 17.6. The highest BCUT2D eigenvalue weighted by Gasteiger charge is 2.28. The Labute approximate surface area is 180 Å². The Morgan fingerprint density at radius 3 is 1.52 bits per heavy atom. The van der Waals surface area contributed by atoms with Crippen molar-refractivity contribution in [2.45, 2.75) is 0 Å². The quantitative estimate of drug-likeness (QED) is 0.437. The molecule has 0 amide bonds. The molecule has 29 heavy (non-hydrogen) atoms. The molecule has 0 fully saturated rings. The summed E-state index contributed by atoms with van der Waals surface area (Å²) in [5.74, 6) is 3.35. The van der Waals surface area contributed by atoms with Crippen molar-refractivity contribution in [3.05, 3.63) is 12.1 Å². The van der Waals surface area contributed by atoms with Crippen molar-refractivity contribution in [1.82, 2.24) is 8.75 Å². The third-order valence-corrected chi connectivity index (χ3v) is 7.76. The lowest BCUT2D eigenvalue weighted by Gasteiger charge is -2.18. The Morgan fingerprint density at radius 2 is 1.07 bits per heavy atom. The summed E-state index contributed by atoms with van der Waals surface area (Å²) in [6, 6.07) is 4.21. The highest BCUT2D eigenvalue weighted by atomic mass is 32.1. The first-order valence-corrected chi connectivity index (χ1v) is 11.6. The average Bonchev–Trinajstić information content (AvgIpc) is 3.45. The SMILES string of the molecule is Bc1sc(-c2ccc(-c3sc(B)c4c3OCCO4)c3nsnc23)c2c1OCCO2. The summed E-state index contributed by atoms with van der Waals surface area (Å²) in [5, 5.41) is 0. The van der Waals surface area contributed by atoms with Crippen LogP contribution in [0.1, 0.15) is 0 Å². The number of rotatable bonds is 2. The smallest absolute Gasteiger partial charge is 0.179 e. The predicted molar refractivity (Wildman–Crippen MR) is 122 cm³/mol. The number of thiophene rings is 2. The number of aromatic nitrogens is 2. The van der Waals surface area contributed by atoms with Gasteiger partial charge in [-0.1, -0.05) is 12.1 Å². The lowest BCUT2D eigenvalue weighted by molar-refractivity contribution is 0.175. The average molecular weight is 440 g/mol. The predicted octanol–water partition coefficient (Wildman–Crippen LogP) is 1.21. The van der Waals surface area contributed by atoms with Crippen molar-refractivity contribution in [1.29, 1.82) is 0 Å². The van der Waals surface area contributed by atoms with Crippen LogP contribution < -0.4 is 28.5 Å². The molecule has 6 rings (SSSR count). The van der Waals surface area contributed by atoms with Gasteiger partial charge in [-0.15, -0.1) is 22.7 Å². The molecule has 5 heterocycles. The molecule has 1 aromatic carbocycles. The van der Waals surface area contributed by atoms with E-state index in [4.69, 9.17) is 18.9 Å². The summed E-state index contributed by atoms with van der Waals surface area (Å²) in [6.45, 7) is 2.29. The maximum atomic E-state index is 5.95. The molecule has 144 valence electrons. The van der Waals surface area contributed by atoms with Crippen LogP contribution in [-0.4, -0.2) is 50.9 Å². The Morgan fingerprint density at radius 1 is 0.655 bits per heavy atom. The molecule has 0 unspecified atom stereocenters. The molecule has 6 nitrogen and oxygen atoms in total. The summed E-state index contributed by atoms with van der Waals surface area (Å²) < 4.78 is 35.1. The van der Waals surface area contributed by atoms with E-state index in [0.29, 0.717) is 26.4 Å². The number of hydrogen-bond acceptors (Lipinski definition) is 9. The summed E-state index contributed by atoms with van der Waals surface area (Å²) in [7, 11) is 4.12. The molecule has 0 aliphatic carbocycles. The zero-order chi connectivity index (χ0) is 19.5. The largest absolute Gasteiger partial charge is 0.486 e. The number of fused-ring (bicyclic) bond motifs is 3. The van der Waals surface area contributed by atoms with Gasteiger partial charge in [0.05, 0.1) is 21.5 Å². The van der Waals surface area contributed by atoms with Crippen molar-refractivity contribution in [3.63, 3.8) is 0 Å². The van der Waals surface area contributed by atoms with Crippen molar-refractivity contribution in [3.8, 4) is 43.9 Å². The molecular weight excluding hydrogens is 426 g/mol. The van der Waals surface area contributed by atoms with Crippen molar-refractivity contribution in [2.75, 3.05) is 26.4 Å². The van der Waals surface area contributed by atoms with Crippen LogP contribution >= 0.6 is 34.4 Å². The van der Waals surface area contributed by atoms with Crippen LogP contribution in [-0.2, 0) is 0 Å². The van der Waals surface area contributed by atoms with Gasteiger partial charge in [0.1, 0.15) is 37.5 Å². The van der Waals surface area contributed by atoms with Gasteiger partial charge < -0.3 is 18.9 Å². The third-order valence-electron chi connectivity index (χ3n) is 5.03. The van der Waals surface area contributed by atoms with E-state index in [1.807, 2.05) is 0 Å². The van der Waals surface area contributed by atoms with E-state index in [0.717, 1.165) is 64.5 Å². The van der Waals surface area contributed by atoms with E-state index >= 15 is 0 Å². The standard InChI is InChI=1S/C18H14B2N2O4S3/c19-17-13-11(23-3-5-25-13)15(27-17)7-1-2-8(10-9(7)21-29-22-10)16-12-14(18(20)28-16)26-6-4-24-12/h1-2H,3-6,19-20H2. The summed E-state index contributed by atoms with van der Waals surface area (Å²) >= 11 is 4.57. The van der Waals surface area contributed by atoms with Crippen molar-refractivity contribution < 1.29 is 18.9 Å². The van der Waals surface area contributed by atoms with E-state index in [1.54, 1.807) is 22.7 Å². The number of ether oxygens (including phenoxy) is 4. The highest BCUT2D eigenvalue weighted by molar-refractivity contribution is 7.24. The molecule has 11 heteroatoms. The molecule has 0 N–H and O–H groups in total. The van der Waals surface area contributed by atoms with Gasteiger partial charge in [-0.3, -0.25) is 0 Å². The minimum Gasteiger partial charge on any atom is -0.486 e. The van der Waals surface area contributed by atoms with Gasteiger partial charge in [-0.2, -0.15) is 8.75 Å².